The number of hydrogen-bond acceptors (Lipinski definition) is 6. The molecule has 2 aromatic heterocycles. The molecule has 0 bridgehead atoms. The average molecular weight is 367 g/mol. The maximum absolute atomic E-state index is 12.3. The van der Waals surface area contributed by atoms with Crippen molar-refractivity contribution in [2.75, 3.05) is 18.2 Å². The highest BCUT2D eigenvalue weighted by atomic mass is 32.2. The molecule has 1 aliphatic heterocycles. The van der Waals surface area contributed by atoms with Gasteiger partial charge in [-0.2, -0.15) is 9.78 Å². The third-order valence-corrected chi connectivity index (χ3v) is 5.42. The fourth-order valence-corrected chi connectivity index (χ4v) is 4.27. The lowest BCUT2D eigenvalue weighted by molar-refractivity contribution is -0.113. The summed E-state index contributed by atoms with van der Waals surface area (Å²) in [5.74, 6) is 2.08. The van der Waals surface area contributed by atoms with Gasteiger partial charge in [-0.3, -0.25) is 4.79 Å². The number of amides is 1. The third-order valence-electron chi connectivity index (χ3n) is 4.17. The summed E-state index contributed by atoms with van der Waals surface area (Å²) in [6.45, 7) is 1.93. The van der Waals surface area contributed by atoms with Crippen LogP contribution in [-0.2, 0) is 4.79 Å². The van der Waals surface area contributed by atoms with Gasteiger partial charge in [-0.1, -0.05) is 18.2 Å². The molecule has 3 heterocycles. The molecule has 8 heteroatoms. The highest BCUT2D eigenvalue weighted by molar-refractivity contribution is 8.00. The number of ether oxygens (including phenoxy) is 1. The Morgan fingerprint density at radius 1 is 1.23 bits per heavy atom. The molecule has 26 heavy (non-hydrogen) atoms. The Labute approximate surface area is 154 Å². The van der Waals surface area contributed by atoms with Crippen LogP contribution in [0.25, 0.3) is 5.95 Å². The predicted octanol–water partition coefficient (Wildman–Crippen LogP) is 2.75. The highest BCUT2D eigenvalue weighted by Gasteiger charge is 2.32. The van der Waals surface area contributed by atoms with Gasteiger partial charge in [0.25, 0.3) is 5.95 Å². The zero-order valence-electron chi connectivity index (χ0n) is 14.3. The number of fused-ring (bicyclic) bond motifs is 1. The molecule has 0 unspecified atom stereocenters. The van der Waals surface area contributed by atoms with E-state index in [-0.39, 0.29) is 11.2 Å². The molecular weight excluding hydrogens is 350 g/mol. The maximum atomic E-state index is 12.3. The number of hydrogen-bond donors (Lipinski definition) is 1. The van der Waals surface area contributed by atoms with Gasteiger partial charge in [0, 0.05) is 23.5 Å². The number of rotatable bonds is 3. The van der Waals surface area contributed by atoms with E-state index in [0.29, 0.717) is 17.5 Å². The van der Waals surface area contributed by atoms with Crippen LogP contribution in [0.4, 0.5) is 5.82 Å². The monoisotopic (exact) mass is 367 g/mol. The first-order chi connectivity index (χ1) is 12.7. The Hall–Kier alpha value is -2.87. The minimum atomic E-state index is -0.0856. The summed E-state index contributed by atoms with van der Waals surface area (Å²) in [5, 5.41) is 7.47. The highest BCUT2D eigenvalue weighted by Crippen LogP contribution is 2.46. The summed E-state index contributed by atoms with van der Waals surface area (Å²) in [7, 11) is 1.65. The molecule has 1 aromatic carbocycles. The smallest absolute Gasteiger partial charge is 0.252 e. The van der Waals surface area contributed by atoms with E-state index in [1.54, 1.807) is 42.0 Å². The largest absolute Gasteiger partial charge is 0.496 e. The standard InChI is InChI=1S/C18H17N5O2S/c1-11-15-16(12-6-3-4-7-13(12)25-2)26-10-14(24)21-17(15)23(22-11)18-19-8-5-9-20-18/h3-9,16H,10H2,1-2H3,(H,21,24)/t16-/m1/s1. The molecule has 0 saturated heterocycles. The number of aromatic nitrogens is 4. The van der Waals surface area contributed by atoms with E-state index in [1.165, 1.54) is 0 Å². The second kappa shape index (κ2) is 6.80. The van der Waals surface area contributed by atoms with Crippen LogP contribution >= 0.6 is 11.8 Å². The maximum Gasteiger partial charge on any atom is 0.252 e. The van der Waals surface area contributed by atoms with Gasteiger partial charge in [0.15, 0.2) is 0 Å². The van der Waals surface area contributed by atoms with Crippen LogP contribution < -0.4 is 10.1 Å². The van der Waals surface area contributed by atoms with Gasteiger partial charge in [0.05, 0.1) is 23.8 Å². The molecule has 0 spiro atoms. The summed E-state index contributed by atoms with van der Waals surface area (Å²) in [6, 6.07) is 9.59. The zero-order valence-corrected chi connectivity index (χ0v) is 15.2. The van der Waals surface area contributed by atoms with Crippen LogP contribution in [0.5, 0.6) is 5.75 Å². The van der Waals surface area contributed by atoms with E-state index in [0.717, 1.165) is 22.6 Å². The summed E-state index contributed by atoms with van der Waals surface area (Å²) >= 11 is 1.55. The van der Waals surface area contributed by atoms with Crippen LogP contribution in [0.2, 0.25) is 0 Å². The lowest BCUT2D eigenvalue weighted by atomic mass is 10.0. The SMILES string of the molecule is COc1ccccc1[C@H]1SCC(=O)Nc2c1c(C)nn2-c1ncccn1. The normalized spacial score (nSPS) is 16.5. The number of para-hydroxylation sites is 1. The molecule has 0 fully saturated rings. The fraction of sp³-hybridized carbons (Fsp3) is 0.222. The molecule has 1 aliphatic rings. The number of carbonyl (C=O) groups is 1. The molecule has 0 aliphatic carbocycles. The second-order valence-electron chi connectivity index (χ2n) is 5.79. The second-order valence-corrected chi connectivity index (χ2v) is 6.88. The van der Waals surface area contributed by atoms with Crippen molar-refractivity contribution >= 4 is 23.5 Å². The topological polar surface area (TPSA) is 81.9 Å². The van der Waals surface area contributed by atoms with E-state index in [4.69, 9.17) is 4.74 Å². The van der Waals surface area contributed by atoms with E-state index in [1.807, 2.05) is 31.2 Å². The summed E-state index contributed by atoms with van der Waals surface area (Å²) in [5.41, 5.74) is 2.77. The first kappa shape index (κ1) is 16.6. The van der Waals surface area contributed by atoms with Crippen LogP contribution in [0, 0.1) is 6.92 Å². The Balaban J connectivity index is 1.92. The van der Waals surface area contributed by atoms with Crippen molar-refractivity contribution in [1.29, 1.82) is 0 Å². The van der Waals surface area contributed by atoms with Gasteiger partial charge in [-0.15, -0.1) is 11.8 Å². The van der Waals surface area contributed by atoms with E-state index in [9.17, 15) is 4.79 Å². The molecule has 0 radical (unpaired) electrons. The van der Waals surface area contributed by atoms with Gasteiger partial charge < -0.3 is 10.1 Å². The molecule has 1 amide bonds. The van der Waals surface area contributed by atoms with Crippen molar-refractivity contribution in [2.24, 2.45) is 0 Å². The van der Waals surface area contributed by atoms with Crippen molar-refractivity contribution in [3.8, 4) is 11.7 Å². The first-order valence-corrected chi connectivity index (χ1v) is 9.15. The quantitative estimate of drug-likeness (QED) is 0.767. The number of anilines is 1. The van der Waals surface area contributed by atoms with Crippen molar-refractivity contribution < 1.29 is 9.53 Å². The molecule has 0 saturated carbocycles. The van der Waals surface area contributed by atoms with E-state index >= 15 is 0 Å². The van der Waals surface area contributed by atoms with Crippen LogP contribution in [0.15, 0.2) is 42.7 Å². The average Bonchev–Trinajstić information content (AvgIpc) is 2.88. The first-order valence-electron chi connectivity index (χ1n) is 8.10. The molecule has 1 N–H and O–H groups in total. The number of methoxy groups -OCH3 is 1. The Kier molecular flexibility index (Phi) is 4.34. The van der Waals surface area contributed by atoms with Crippen molar-refractivity contribution in [3.05, 3.63) is 59.5 Å². The number of aryl methyl sites for hydroxylation is 1. The van der Waals surface area contributed by atoms with Crippen LogP contribution in [0.1, 0.15) is 22.1 Å². The fourth-order valence-electron chi connectivity index (χ4n) is 3.06. The lowest BCUT2D eigenvalue weighted by Gasteiger charge is -2.18. The summed E-state index contributed by atoms with van der Waals surface area (Å²) in [4.78, 5) is 20.9. The predicted molar refractivity (Wildman–Crippen MR) is 99.8 cm³/mol. The van der Waals surface area contributed by atoms with Gasteiger partial charge in [0.2, 0.25) is 5.91 Å². The van der Waals surface area contributed by atoms with Crippen molar-refractivity contribution in [1.82, 2.24) is 19.7 Å². The number of carbonyl (C=O) groups excluding carboxylic acids is 1. The Bertz CT molecular complexity index is 957. The van der Waals surface area contributed by atoms with E-state index in [2.05, 4.69) is 20.4 Å². The van der Waals surface area contributed by atoms with Gasteiger partial charge in [0.1, 0.15) is 11.6 Å². The van der Waals surface area contributed by atoms with Gasteiger partial charge >= 0.3 is 0 Å². The number of nitrogens with one attached hydrogen (secondary N) is 1. The molecule has 132 valence electrons. The van der Waals surface area contributed by atoms with Crippen molar-refractivity contribution in [2.45, 2.75) is 12.2 Å². The number of nitrogens with zero attached hydrogens (tertiary/aromatic N) is 4. The van der Waals surface area contributed by atoms with Crippen LogP contribution in [-0.4, -0.2) is 38.5 Å². The molecule has 1 atom stereocenters. The minimum Gasteiger partial charge on any atom is -0.496 e. The van der Waals surface area contributed by atoms with Gasteiger partial charge in [-0.25, -0.2) is 9.97 Å². The number of benzene rings is 1. The molecular formula is C18H17N5O2S. The van der Waals surface area contributed by atoms with Gasteiger partial charge in [-0.05, 0) is 19.1 Å². The molecule has 3 aromatic rings. The Morgan fingerprint density at radius 3 is 2.77 bits per heavy atom. The van der Waals surface area contributed by atoms with Crippen LogP contribution in [0.3, 0.4) is 0 Å². The lowest BCUT2D eigenvalue weighted by Crippen LogP contribution is -2.16. The summed E-state index contributed by atoms with van der Waals surface area (Å²) in [6.07, 6.45) is 3.30. The van der Waals surface area contributed by atoms with E-state index < -0.39 is 0 Å². The molecule has 7 nitrogen and oxygen atoms in total. The van der Waals surface area contributed by atoms with Crippen molar-refractivity contribution in [3.63, 3.8) is 0 Å². The molecule has 4 rings (SSSR count). The minimum absolute atomic E-state index is 0.0780. The Morgan fingerprint density at radius 2 is 2.00 bits per heavy atom. The third kappa shape index (κ3) is 2.82. The zero-order chi connectivity index (χ0) is 18.1. The number of thioether (sulfide) groups is 1. The summed E-state index contributed by atoms with van der Waals surface area (Å²) < 4.78 is 7.14.